The number of piperidine rings is 1. The molecule has 37 heavy (non-hydrogen) atoms. The minimum absolute atomic E-state index is 0.112. The van der Waals surface area contributed by atoms with Crippen molar-refractivity contribution in [1.29, 1.82) is 0 Å². The van der Waals surface area contributed by atoms with Gasteiger partial charge in [0.2, 0.25) is 11.8 Å². The highest BCUT2D eigenvalue weighted by Crippen LogP contribution is 2.28. The number of anilines is 1. The fraction of sp³-hybridized carbons (Fsp3) is 0.355. The van der Waals surface area contributed by atoms with Crippen LogP contribution in [0.1, 0.15) is 43.7 Å². The van der Waals surface area contributed by atoms with E-state index in [2.05, 4.69) is 53.4 Å². The molecule has 1 fully saturated rings. The minimum atomic E-state index is -0.348. The molecule has 1 atom stereocenters. The van der Waals surface area contributed by atoms with E-state index in [0.717, 1.165) is 49.5 Å². The zero-order chi connectivity index (χ0) is 26.0. The number of nitrogens with two attached hydrogens (primary N) is 1. The van der Waals surface area contributed by atoms with Crippen LogP contribution in [0.15, 0.2) is 84.9 Å². The lowest BCUT2D eigenvalue weighted by atomic mass is 9.99. The summed E-state index contributed by atoms with van der Waals surface area (Å²) in [6, 6.07) is 29.3. The van der Waals surface area contributed by atoms with Gasteiger partial charge in [-0.2, -0.15) is 0 Å². The highest BCUT2D eigenvalue weighted by atomic mass is 16.5. The van der Waals surface area contributed by atoms with Gasteiger partial charge < -0.3 is 20.3 Å². The Bertz CT molecular complexity index is 1130. The minimum Gasteiger partial charge on any atom is -0.489 e. The molecule has 3 aromatic rings. The number of amides is 2. The lowest BCUT2D eigenvalue weighted by Crippen LogP contribution is -2.46. The van der Waals surface area contributed by atoms with Crippen molar-refractivity contribution in [3.8, 4) is 5.75 Å². The molecule has 1 aliphatic heterocycles. The Morgan fingerprint density at radius 3 is 2.11 bits per heavy atom. The molecule has 1 aliphatic rings. The summed E-state index contributed by atoms with van der Waals surface area (Å²) in [6.45, 7) is 4.57. The van der Waals surface area contributed by atoms with Gasteiger partial charge in [-0.1, -0.05) is 67.6 Å². The molecule has 3 aromatic carbocycles. The molecule has 0 saturated carbocycles. The highest BCUT2D eigenvalue weighted by molar-refractivity contribution is 5.79. The Labute approximate surface area is 220 Å². The van der Waals surface area contributed by atoms with Gasteiger partial charge in [-0.3, -0.25) is 9.59 Å². The maximum absolute atomic E-state index is 12.7. The predicted molar refractivity (Wildman–Crippen MR) is 147 cm³/mol. The van der Waals surface area contributed by atoms with Gasteiger partial charge in [0.25, 0.3) is 0 Å². The number of hydrogen-bond donors (Lipinski definition) is 1. The summed E-state index contributed by atoms with van der Waals surface area (Å²) in [7, 11) is 0. The second-order valence-electron chi connectivity index (χ2n) is 9.84. The van der Waals surface area contributed by atoms with Gasteiger partial charge in [0, 0.05) is 43.7 Å². The number of nitrogens with zero attached hydrogens (tertiary/aromatic N) is 2. The molecule has 1 heterocycles. The molecule has 0 aromatic heterocycles. The van der Waals surface area contributed by atoms with Crippen LogP contribution in [0.4, 0.5) is 5.69 Å². The molecule has 1 unspecified atom stereocenters. The molecular weight excluding hydrogens is 462 g/mol. The van der Waals surface area contributed by atoms with Crippen LogP contribution in [0, 0.1) is 5.92 Å². The zero-order valence-corrected chi connectivity index (χ0v) is 21.6. The number of rotatable bonds is 11. The van der Waals surface area contributed by atoms with Crippen molar-refractivity contribution in [2.75, 3.05) is 18.0 Å². The fourth-order valence-electron chi connectivity index (χ4n) is 4.75. The van der Waals surface area contributed by atoms with Crippen LogP contribution in [0.3, 0.4) is 0 Å². The third-order valence-corrected chi connectivity index (χ3v) is 7.15. The number of primary amides is 1. The van der Waals surface area contributed by atoms with E-state index in [1.165, 1.54) is 5.56 Å². The van der Waals surface area contributed by atoms with Crippen molar-refractivity contribution in [3.63, 3.8) is 0 Å². The van der Waals surface area contributed by atoms with Crippen molar-refractivity contribution in [1.82, 2.24) is 4.90 Å². The SMILES string of the molecule is CC(CCC(=O)N1CCC(N(Cc2ccccc2)c2ccc(OCc3ccccc3)cc2)CC1)C(N)=O. The first kappa shape index (κ1) is 26.3. The normalized spacial score (nSPS) is 14.7. The zero-order valence-electron chi connectivity index (χ0n) is 21.6. The van der Waals surface area contributed by atoms with Gasteiger partial charge in [0.05, 0.1) is 0 Å². The van der Waals surface area contributed by atoms with E-state index in [0.29, 0.717) is 25.5 Å². The average molecular weight is 500 g/mol. The predicted octanol–water partition coefficient (Wildman–Crippen LogP) is 5.16. The van der Waals surface area contributed by atoms with Crippen LogP contribution in [0.5, 0.6) is 5.75 Å². The quantitative estimate of drug-likeness (QED) is 0.395. The van der Waals surface area contributed by atoms with E-state index in [9.17, 15) is 9.59 Å². The Morgan fingerprint density at radius 2 is 1.51 bits per heavy atom. The summed E-state index contributed by atoms with van der Waals surface area (Å²) in [5.41, 5.74) is 8.89. The number of carbonyl (C=O) groups is 2. The summed E-state index contributed by atoms with van der Waals surface area (Å²) >= 11 is 0. The van der Waals surface area contributed by atoms with Crippen molar-refractivity contribution >= 4 is 17.5 Å². The van der Waals surface area contributed by atoms with Crippen molar-refractivity contribution in [3.05, 3.63) is 96.1 Å². The lowest BCUT2D eigenvalue weighted by Gasteiger charge is -2.40. The van der Waals surface area contributed by atoms with Crippen LogP contribution in [-0.4, -0.2) is 35.8 Å². The monoisotopic (exact) mass is 499 g/mol. The summed E-state index contributed by atoms with van der Waals surface area (Å²) in [5.74, 6) is 0.334. The van der Waals surface area contributed by atoms with Crippen LogP contribution < -0.4 is 15.4 Å². The van der Waals surface area contributed by atoms with Gasteiger partial charge in [-0.25, -0.2) is 0 Å². The van der Waals surface area contributed by atoms with Crippen LogP contribution in [0.2, 0.25) is 0 Å². The average Bonchev–Trinajstić information content (AvgIpc) is 2.95. The van der Waals surface area contributed by atoms with Crippen LogP contribution in [-0.2, 0) is 22.7 Å². The van der Waals surface area contributed by atoms with Crippen molar-refractivity contribution in [2.45, 2.75) is 51.8 Å². The first-order valence-corrected chi connectivity index (χ1v) is 13.1. The summed E-state index contributed by atoms with van der Waals surface area (Å²) in [6.07, 6.45) is 2.67. The maximum atomic E-state index is 12.7. The Morgan fingerprint density at radius 1 is 0.919 bits per heavy atom. The van der Waals surface area contributed by atoms with Gasteiger partial charge >= 0.3 is 0 Å². The number of benzene rings is 3. The molecule has 2 N–H and O–H groups in total. The van der Waals surface area contributed by atoms with Gasteiger partial charge in [-0.05, 0) is 54.7 Å². The van der Waals surface area contributed by atoms with Crippen LogP contribution in [0.25, 0.3) is 0 Å². The van der Waals surface area contributed by atoms with E-state index in [-0.39, 0.29) is 17.7 Å². The molecule has 4 rings (SSSR count). The number of hydrogen-bond acceptors (Lipinski definition) is 4. The second kappa shape index (κ2) is 12.9. The second-order valence-corrected chi connectivity index (χ2v) is 9.84. The van der Waals surface area contributed by atoms with E-state index in [1.54, 1.807) is 6.92 Å². The molecule has 0 radical (unpaired) electrons. The number of ether oxygens (including phenoxy) is 1. The largest absolute Gasteiger partial charge is 0.489 e. The molecule has 0 aliphatic carbocycles. The Hall–Kier alpha value is -3.80. The lowest BCUT2D eigenvalue weighted by molar-refractivity contribution is -0.132. The highest BCUT2D eigenvalue weighted by Gasteiger charge is 2.27. The van der Waals surface area contributed by atoms with Crippen molar-refractivity contribution in [2.24, 2.45) is 11.7 Å². The number of carbonyl (C=O) groups excluding carboxylic acids is 2. The Balaban J connectivity index is 1.39. The first-order chi connectivity index (χ1) is 18.0. The molecule has 194 valence electrons. The summed E-state index contributed by atoms with van der Waals surface area (Å²) < 4.78 is 5.99. The van der Waals surface area contributed by atoms with Crippen LogP contribution >= 0.6 is 0 Å². The third kappa shape index (κ3) is 7.59. The molecule has 0 bridgehead atoms. The molecule has 0 spiro atoms. The van der Waals surface area contributed by atoms with E-state index in [1.807, 2.05) is 41.3 Å². The summed E-state index contributed by atoms with van der Waals surface area (Å²) in [4.78, 5) is 28.4. The number of likely N-dealkylation sites (tertiary alicyclic amines) is 1. The maximum Gasteiger partial charge on any atom is 0.222 e. The topological polar surface area (TPSA) is 75.9 Å². The Kier molecular flexibility index (Phi) is 9.19. The van der Waals surface area contributed by atoms with Gasteiger partial charge in [0.1, 0.15) is 12.4 Å². The van der Waals surface area contributed by atoms with Crippen molar-refractivity contribution < 1.29 is 14.3 Å². The van der Waals surface area contributed by atoms with E-state index in [4.69, 9.17) is 10.5 Å². The van der Waals surface area contributed by atoms with E-state index < -0.39 is 0 Å². The molecule has 6 nitrogen and oxygen atoms in total. The fourth-order valence-corrected chi connectivity index (χ4v) is 4.75. The summed E-state index contributed by atoms with van der Waals surface area (Å²) in [5, 5.41) is 0. The smallest absolute Gasteiger partial charge is 0.222 e. The molecule has 1 saturated heterocycles. The first-order valence-electron chi connectivity index (χ1n) is 13.1. The molecular formula is C31H37N3O3. The third-order valence-electron chi connectivity index (χ3n) is 7.15. The standard InChI is InChI=1S/C31H37N3O3/c1-24(31(32)36)12-17-30(35)33-20-18-28(19-21-33)34(22-25-8-4-2-5-9-25)27-13-15-29(16-14-27)37-23-26-10-6-3-7-11-26/h2-11,13-16,24,28H,12,17-23H2,1H3,(H2,32,36). The molecule has 6 heteroatoms. The van der Waals surface area contributed by atoms with Gasteiger partial charge in [-0.15, -0.1) is 0 Å². The van der Waals surface area contributed by atoms with Gasteiger partial charge in [0.15, 0.2) is 0 Å². The molecule has 2 amide bonds. The van der Waals surface area contributed by atoms with E-state index >= 15 is 0 Å².